The van der Waals surface area contributed by atoms with Gasteiger partial charge in [0.1, 0.15) is 15.6 Å². The number of methoxy groups -OCH3 is 1. The van der Waals surface area contributed by atoms with Crippen LogP contribution in [0, 0.1) is 0 Å². The van der Waals surface area contributed by atoms with Crippen LogP contribution in [-0.2, 0) is 20.2 Å². The van der Waals surface area contributed by atoms with Crippen molar-refractivity contribution in [2.45, 2.75) is 4.90 Å². The molecule has 48 heavy (non-hydrogen) atoms. The lowest BCUT2D eigenvalue weighted by molar-refractivity contribution is 0.0696. The Kier molecular flexibility index (Phi) is 9.15. The maximum atomic E-state index is 13.4. The Morgan fingerprint density at radius 1 is 0.958 bits per heavy atom. The Morgan fingerprint density at radius 2 is 1.67 bits per heavy atom. The number of hydrazone groups is 1. The van der Waals surface area contributed by atoms with Gasteiger partial charge in [0.05, 0.1) is 24.0 Å². The van der Waals surface area contributed by atoms with Gasteiger partial charge in [0.15, 0.2) is 5.71 Å². The van der Waals surface area contributed by atoms with Crippen LogP contribution >= 0.6 is 11.6 Å². The molecule has 0 fully saturated rings. The van der Waals surface area contributed by atoms with Gasteiger partial charge < -0.3 is 20.1 Å². The first kappa shape index (κ1) is 33.9. The van der Waals surface area contributed by atoms with E-state index in [9.17, 15) is 35.5 Å². The van der Waals surface area contributed by atoms with Crippen molar-refractivity contribution in [2.24, 2.45) is 5.10 Å². The predicted octanol–water partition coefficient (Wildman–Crippen LogP) is 3.88. The summed E-state index contributed by atoms with van der Waals surface area (Å²) in [5.74, 6) is -2.12. The number of ketones is 1. The van der Waals surface area contributed by atoms with Crippen molar-refractivity contribution in [2.75, 3.05) is 29.8 Å². The quantitative estimate of drug-likeness (QED) is 0.115. The number of Topliss-reactive ketones (excluding diaryl/α,β-unsaturated/α-hetero) is 1. The molecule has 20 heteroatoms. The van der Waals surface area contributed by atoms with Crippen molar-refractivity contribution in [1.29, 1.82) is 0 Å². The average molecular weight is 716 g/mol. The number of hydrogen-bond donors (Lipinski definition) is 5. The minimum Gasteiger partial charge on any atom is -0.497 e. The first-order valence-electron chi connectivity index (χ1n) is 13.2. The van der Waals surface area contributed by atoms with Crippen LogP contribution in [0.5, 0.6) is 5.75 Å². The van der Waals surface area contributed by atoms with Crippen LogP contribution in [0.25, 0.3) is 6.08 Å². The highest BCUT2D eigenvalue weighted by Gasteiger charge is 2.33. The van der Waals surface area contributed by atoms with E-state index in [1.54, 1.807) is 0 Å². The number of nitrogens with zero attached hydrogens (tertiary/aromatic N) is 5. The second kappa shape index (κ2) is 13.0. The highest BCUT2D eigenvalue weighted by Crippen LogP contribution is 2.32. The molecule has 4 aromatic rings. The number of carbonyl (C=O) groups is 2. The number of carboxylic acids is 1. The number of carbonyl (C=O) groups excluding carboxylic acids is 1. The van der Waals surface area contributed by atoms with Crippen molar-refractivity contribution < 1.29 is 45.4 Å². The number of anilines is 5. The number of rotatable bonds is 10. The molecule has 0 saturated heterocycles. The molecule has 1 aliphatic carbocycles. The fourth-order valence-electron chi connectivity index (χ4n) is 4.37. The SMILES string of the molecule is COc1ccc(Nc2nc(Cl)nc(N(C)c3ccc4c(c3)C=C(S(=O)(=O)O)/C(=N\Nc3ccc(C(=O)O)cc3)C4=O)n2)c(S(=O)(=O)O)c1. The molecule has 0 unspecified atom stereocenters. The van der Waals surface area contributed by atoms with Gasteiger partial charge in [0.2, 0.25) is 23.0 Å². The summed E-state index contributed by atoms with van der Waals surface area (Å²) in [7, 11) is -6.84. The van der Waals surface area contributed by atoms with Gasteiger partial charge in [0.25, 0.3) is 20.2 Å². The zero-order chi connectivity index (χ0) is 35.0. The summed E-state index contributed by atoms with van der Waals surface area (Å²) in [5.41, 5.74) is 2.46. The molecule has 0 radical (unpaired) electrons. The molecule has 248 valence electrons. The molecule has 17 nitrogen and oxygen atoms in total. The van der Waals surface area contributed by atoms with Gasteiger partial charge in [-0.3, -0.25) is 19.3 Å². The number of nitrogens with one attached hydrogen (secondary N) is 2. The van der Waals surface area contributed by atoms with E-state index >= 15 is 0 Å². The molecule has 0 amide bonds. The molecule has 5 N–H and O–H groups in total. The molecule has 0 saturated carbocycles. The van der Waals surface area contributed by atoms with Gasteiger partial charge in [-0.25, -0.2) is 4.79 Å². The summed E-state index contributed by atoms with van der Waals surface area (Å²) in [5, 5.41) is 15.3. The lowest BCUT2D eigenvalue weighted by Gasteiger charge is -2.21. The normalized spacial score (nSPS) is 13.8. The molecule has 0 spiro atoms. The van der Waals surface area contributed by atoms with E-state index in [-0.39, 0.29) is 51.0 Å². The smallest absolute Gasteiger partial charge is 0.335 e. The van der Waals surface area contributed by atoms with Crippen LogP contribution in [0.1, 0.15) is 26.3 Å². The summed E-state index contributed by atoms with van der Waals surface area (Å²) in [6.45, 7) is 0. The summed E-state index contributed by atoms with van der Waals surface area (Å²) < 4.78 is 73.3. The van der Waals surface area contributed by atoms with E-state index in [0.717, 1.165) is 12.1 Å². The van der Waals surface area contributed by atoms with Gasteiger partial charge >= 0.3 is 5.97 Å². The fraction of sp³-hybridized carbons (Fsp3) is 0.0714. The first-order valence-corrected chi connectivity index (χ1v) is 16.4. The molecule has 1 aliphatic rings. The van der Waals surface area contributed by atoms with Crippen LogP contribution < -0.4 is 20.4 Å². The monoisotopic (exact) mass is 715 g/mol. The third-order valence-electron chi connectivity index (χ3n) is 6.72. The molecule has 1 aromatic heterocycles. The van der Waals surface area contributed by atoms with Gasteiger partial charge in [-0.15, -0.1) is 0 Å². The molecule has 1 heterocycles. The second-order valence-electron chi connectivity index (χ2n) is 9.79. The number of allylic oxidation sites excluding steroid dienone is 1. The van der Waals surface area contributed by atoms with Gasteiger partial charge in [0, 0.05) is 24.4 Å². The van der Waals surface area contributed by atoms with Crippen molar-refractivity contribution in [3.05, 3.63) is 87.5 Å². The van der Waals surface area contributed by atoms with E-state index in [1.807, 2.05) is 0 Å². The topological polar surface area (TPSA) is 251 Å². The van der Waals surface area contributed by atoms with Crippen molar-refractivity contribution in [3.8, 4) is 5.75 Å². The standard InChI is InChI=1S/C28H22ClN7O10S2/c1-36(28-32-26(29)31-27(33-28)30-20-10-8-18(46-2)13-21(20)47(40,41)42)17-7-9-19-15(11-17)12-22(48(43,44)45)23(24(19)37)35-34-16-5-3-14(4-6-16)25(38)39/h3-13,34H,1-2H3,(H,38,39)(H,40,41,42)(H,43,44,45)(H,30,31,32,33)/b35-23+. The Bertz CT molecular complexity index is 2260. The zero-order valence-electron chi connectivity index (χ0n) is 24.5. The summed E-state index contributed by atoms with van der Waals surface area (Å²) in [4.78, 5) is 36.8. The third-order valence-corrected chi connectivity index (χ3v) is 8.65. The number of benzene rings is 3. The zero-order valence-corrected chi connectivity index (χ0v) is 26.9. The lowest BCUT2D eigenvalue weighted by Crippen LogP contribution is -2.27. The molecular formula is C28H22ClN7O10S2. The number of halogens is 1. The van der Waals surface area contributed by atoms with Crippen LogP contribution in [0.3, 0.4) is 0 Å². The van der Waals surface area contributed by atoms with Gasteiger partial charge in [-0.05, 0) is 77.8 Å². The molecule has 5 rings (SSSR count). The Balaban J connectivity index is 1.47. The van der Waals surface area contributed by atoms with Crippen LogP contribution in [0.15, 0.2) is 75.6 Å². The number of carboxylic acid groups (broad SMARTS) is 1. The van der Waals surface area contributed by atoms with Crippen molar-refractivity contribution >= 4 is 84.3 Å². The van der Waals surface area contributed by atoms with Crippen molar-refractivity contribution in [1.82, 2.24) is 15.0 Å². The minimum absolute atomic E-state index is 0.00869. The van der Waals surface area contributed by atoms with E-state index in [1.165, 1.54) is 73.7 Å². The van der Waals surface area contributed by atoms with Gasteiger partial charge in [-0.1, -0.05) is 0 Å². The fourth-order valence-corrected chi connectivity index (χ4v) is 5.85. The van der Waals surface area contributed by atoms with E-state index < -0.39 is 47.5 Å². The second-order valence-corrected chi connectivity index (χ2v) is 12.9. The van der Waals surface area contributed by atoms with Gasteiger partial charge in [-0.2, -0.15) is 36.9 Å². The summed E-state index contributed by atoms with van der Waals surface area (Å²) in [6.07, 6.45) is 1.05. The Hall–Kier alpha value is -5.47. The maximum Gasteiger partial charge on any atom is 0.335 e. The first-order chi connectivity index (χ1) is 22.5. The highest BCUT2D eigenvalue weighted by molar-refractivity contribution is 7.91. The number of ether oxygens (including phenoxy) is 1. The number of aromatic carboxylic acids is 1. The van der Waals surface area contributed by atoms with E-state index in [4.69, 9.17) is 21.4 Å². The largest absolute Gasteiger partial charge is 0.497 e. The number of aromatic nitrogens is 3. The molecule has 0 bridgehead atoms. The van der Waals surface area contributed by atoms with Crippen LogP contribution in [0.4, 0.5) is 29.0 Å². The Labute approximate surface area is 277 Å². The van der Waals surface area contributed by atoms with Crippen LogP contribution in [0.2, 0.25) is 5.28 Å². The molecule has 0 atom stereocenters. The van der Waals surface area contributed by atoms with E-state index in [2.05, 4.69) is 30.8 Å². The van der Waals surface area contributed by atoms with E-state index in [0.29, 0.717) is 5.69 Å². The van der Waals surface area contributed by atoms with Crippen LogP contribution in [-0.4, -0.2) is 77.6 Å². The summed E-state index contributed by atoms with van der Waals surface area (Å²) >= 11 is 6.13. The predicted molar refractivity (Wildman–Crippen MR) is 174 cm³/mol. The third kappa shape index (κ3) is 7.24. The lowest BCUT2D eigenvalue weighted by atomic mass is 9.94. The highest BCUT2D eigenvalue weighted by atomic mass is 35.5. The van der Waals surface area contributed by atoms with Crippen molar-refractivity contribution in [3.63, 3.8) is 0 Å². The average Bonchev–Trinajstić information content (AvgIpc) is 3.02. The molecular weight excluding hydrogens is 694 g/mol. The summed E-state index contributed by atoms with van der Waals surface area (Å²) in [6, 6.07) is 13.4. The number of fused-ring (bicyclic) bond motifs is 1. The molecule has 0 aliphatic heterocycles. The number of hydrogen-bond acceptors (Lipinski definition) is 14. The minimum atomic E-state index is -4.97. The molecule has 3 aromatic carbocycles. The Morgan fingerprint density at radius 3 is 2.29 bits per heavy atom. The maximum absolute atomic E-state index is 13.4.